The fourth-order valence-electron chi connectivity index (χ4n) is 2.29. The molecule has 1 aromatic heterocycles. The number of nitrogens with zero attached hydrogens (tertiary/aromatic N) is 2. The van der Waals surface area contributed by atoms with Crippen LogP contribution in [0.1, 0.15) is 49.5 Å². The molecular formula is C13H19ClN2O2. The van der Waals surface area contributed by atoms with E-state index in [1.807, 2.05) is 6.92 Å². The van der Waals surface area contributed by atoms with Crippen molar-refractivity contribution in [2.45, 2.75) is 51.7 Å². The lowest BCUT2D eigenvalue weighted by molar-refractivity contribution is 0.0127. The largest absolute Gasteiger partial charge is 0.378 e. The maximum atomic E-state index is 12.3. The predicted octanol–water partition coefficient (Wildman–Crippen LogP) is 3.09. The highest BCUT2D eigenvalue weighted by Crippen LogP contribution is 2.22. The molecule has 0 spiro atoms. The lowest BCUT2D eigenvalue weighted by Gasteiger charge is -2.21. The Morgan fingerprint density at radius 2 is 2.44 bits per heavy atom. The molecule has 0 aliphatic carbocycles. The third kappa shape index (κ3) is 3.12. The summed E-state index contributed by atoms with van der Waals surface area (Å²) in [6.45, 7) is 3.54. The molecular weight excluding hydrogens is 252 g/mol. The van der Waals surface area contributed by atoms with Gasteiger partial charge in [0.2, 0.25) is 0 Å². The second-order valence-corrected chi connectivity index (χ2v) is 5.09. The van der Waals surface area contributed by atoms with E-state index in [9.17, 15) is 4.79 Å². The van der Waals surface area contributed by atoms with Crippen LogP contribution in [0.2, 0.25) is 5.02 Å². The third-order valence-corrected chi connectivity index (χ3v) is 3.46. The van der Waals surface area contributed by atoms with Crippen LogP contribution in [0.15, 0.2) is 6.20 Å². The van der Waals surface area contributed by atoms with Gasteiger partial charge in [-0.1, -0.05) is 18.5 Å². The van der Waals surface area contributed by atoms with Gasteiger partial charge in [-0.25, -0.2) is 0 Å². The number of ketones is 1. The molecule has 1 aliphatic heterocycles. The van der Waals surface area contributed by atoms with Crippen molar-refractivity contribution in [3.8, 4) is 0 Å². The Balaban J connectivity index is 2.05. The van der Waals surface area contributed by atoms with Gasteiger partial charge in [0.05, 0.1) is 17.3 Å². The maximum Gasteiger partial charge on any atom is 0.184 e. The van der Waals surface area contributed by atoms with Gasteiger partial charge in [-0.3, -0.25) is 9.48 Å². The van der Waals surface area contributed by atoms with Crippen molar-refractivity contribution in [1.82, 2.24) is 9.78 Å². The normalized spacial score (nSPS) is 20.0. The lowest BCUT2D eigenvalue weighted by atomic mass is 10.0. The van der Waals surface area contributed by atoms with Crippen LogP contribution in [0.25, 0.3) is 0 Å². The van der Waals surface area contributed by atoms with Gasteiger partial charge in [0.1, 0.15) is 5.69 Å². The average molecular weight is 271 g/mol. The van der Waals surface area contributed by atoms with E-state index in [0.29, 0.717) is 17.1 Å². The molecule has 1 unspecified atom stereocenters. The highest BCUT2D eigenvalue weighted by atomic mass is 35.5. The first-order valence-electron chi connectivity index (χ1n) is 6.58. The number of carbonyl (C=O) groups is 1. The zero-order chi connectivity index (χ0) is 13.0. The molecule has 1 saturated heterocycles. The first kappa shape index (κ1) is 13.6. The molecule has 1 aliphatic rings. The molecule has 0 amide bonds. The lowest BCUT2D eigenvalue weighted by Crippen LogP contribution is -2.24. The minimum Gasteiger partial charge on any atom is -0.378 e. The number of Topliss-reactive ketones (excluding diaryl/α,β-unsaturated/α-hetero) is 1. The summed E-state index contributed by atoms with van der Waals surface area (Å²) in [5.74, 6) is 0.0397. The summed E-state index contributed by atoms with van der Waals surface area (Å²) in [7, 11) is 0. The fraction of sp³-hybridized carbons (Fsp3) is 0.692. The van der Waals surface area contributed by atoms with Crippen LogP contribution < -0.4 is 0 Å². The molecule has 0 N–H and O–H groups in total. The molecule has 0 bridgehead atoms. The van der Waals surface area contributed by atoms with Crippen molar-refractivity contribution in [3.63, 3.8) is 0 Å². The molecule has 2 heterocycles. The average Bonchev–Trinajstić information content (AvgIpc) is 2.72. The van der Waals surface area contributed by atoms with E-state index in [-0.39, 0.29) is 11.9 Å². The highest BCUT2D eigenvalue weighted by molar-refractivity contribution is 6.33. The van der Waals surface area contributed by atoms with Gasteiger partial charge in [-0.05, 0) is 25.7 Å². The Bertz CT molecular complexity index is 411. The van der Waals surface area contributed by atoms with Crippen molar-refractivity contribution in [2.75, 3.05) is 6.61 Å². The van der Waals surface area contributed by atoms with Crippen molar-refractivity contribution in [3.05, 3.63) is 16.9 Å². The second kappa shape index (κ2) is 6.34. The highest BCUT2D eigenvalue weighted by Gasteiger charge is 2.23. The number of ether oxygens (including phenoxy) is 1. The molecule has 0 radical (unpaired) electrons. The van der Waals surface area contributed by atoms with Gasteiger partial charge in [-0.15, -0.1) is 0 Å². The van der Waals surface area contributed by atoms with Crippen LogP contribution in [-0.2, 0) is 11.3 Å². The number of aromatic nitrogens is 2. The quantitative estimate of drug-likeness (QED) is 0.773. The van der Waals surface area contributed by atoms with E-state index in [1.165, 1.54) is 0 Å². The number of hydrogen-bond acceptors (Lipinski definition) is 3. The fourth-order valence-corrected chi connectivity index (χ4v) is 2.54. The summed E-state index contributed by atoms with van der Waals surface area (Å²) in [6.07, 6.45) is 6.14. The van der Waals surface area contributed by atoms with E-state index in [4.69, 9.17) is 16.3 Å². The Morgan fingerprint density at radius 1 is 1.61 bits per heavy atom. The van der Waals surface area contributed by atoms with Crippen LogP contribution in [0.4, 0.5) is 0 Å². The Hall–Kier alpha value is -0.870. The smallest absolute Gasteiger partial charge is 0.184 e. The first-order chi connectivity index (χ1) is 8.72. The molecule has 18 heavy (non-hydrogen) atoms. The van der Waals surface area contributed by atoms with Gasteiger partial charge < -0.3 is 4.74 Å². The number of halogens is 1. The molecule has 0 aromatic carbocycles. The van der Waals surface area contributed by atoms with Crippen LogP contribution in [-0.4, -0.2) is 28.3 Å². The number of aryl methyl sites for hydroxylation is 1. The molecule has 100 valence electrons. The maximum absolute atomic E-state index is 12.3. The van der Waals surface area contributed by atoms with Crippen molar-refractivity contribution in [1.29, 1.82) is 0 Å². The first-order valence-corrected chi connectivity index (χ1v) is 6.96. The van der Waals surface area contributed by atoms with Crippen LogP contribution >= 0.6 is 11.6 Å². The number of rotatable bonds is 5. The molecule has 1 atom stereocenters. The van der Waals surface area contributed by atoms with Gasteiger partial charge in [0.25, 0.3) is 0 Å². The second-order valence-electron chi connectivity index (χ2n) is 4.68. The van der Waals surface area contributed by atoms with E-state index < -0.39 is 0 Å². The Morgan fingerprint density at radius 3 is 3.11 bits per heavy atom. The standard InChI is InChI=1S/C13H19ClN2O2/c1-2-6-16-13(11(14)9-15-16)12(17)8-10-5-3-4-7-18-10/h9-10H,2-8H2,1H3. The summed E-state index contributed by atoms with van der Waals surface area (Å²) >= 11 is 6.05. The summed E-state index contributed by atoms with van der Waals surface area (Å²) in [5.41, 5.74) is 0.535. The van der Waals surface area contributed by atoms with Gasteiger partial charge in [-0.2, -0.15) is 5.10 Å². The Kier molecular flexibility index (Phi) is 4.78. The molecule has 4 nitrogen and oxygen atoms in total. The van der Waals surface area contributed by atoms with E-state index in [1.54, 1.807) is 10.9 Å². The van der Waals surface area contributed by atoms with E-state index >= 15 is 0 Å². The van der Waals surface area contributed by atoms with E-state index in [2.05, 4.69) is 5.10 Å². The summed E-state index contributed by atoms with van der Waals surface area (Å²) in [5, 5.41) is 4.59. The molecule has 1 fully saturated rings. The van der Waals surface area contributed by atoms with Gasteiger partial charge in [0, 0.05) is 19.6 Å². The number of hydrogen-bond donors (Lipinski definition) is 0. The summed E-state index contributed by atoms with van der Waals surface area (Å²) in [6, 6.07) is 0. The number of carbonyl (C=O) groups excluding carboxylic acids is 1. The summed E-state index contributed by atoms with van der Waals surface area (Å²) < 4.78 is 7.29. The van der Waals surface area contributed by atoms with Crippen molar-refractivity contribution in [2.24, 2.45) is 0 Å². The van der Waals surface area contributed by atoms with Gasteiger partial charge >= 0.3 is 0 Å². The molecule has 1 aromatic rings. The molecule has 5 heteroatoms. The van der Waals surface area contributed by atoms with Crippen LogP contribution in [0.3, 0.4) is 0 Å². The van der Waals surface area contributed by atoms with Crippen LogP contribution in [0, 0.1) is 0 Å². The van der Waals surface area contributed by atoms with Crippen molar-refractivity contribution >= 4 is 17.4 Å². The predicted molar refractivity (Wildman–Crippen MR) is 70.1 cm³/mol. The SMILES string of the molecule is CCCn1ncc(Cl)c1C(=O)CC1CCCCO1. The van der Waals surface area contributed by atoms with Gasteiger partial charge in [0.15, 0.2) is 5.78 Å². The third-order valence-electron chi connectivity index (χ3n) is 3.18. The zero-order valence-corrected chi connectivity index (χ0v) is 11.4. The van der Waals surface area contributed by atoms with Crippen molar-refractivity contribution < 1.29 is 9.53 Å². The monoisotopic (exact) mass is 270 g/mol. The zero-order valence-electron chi connectivity index (χ0n) is 10.7. The topological polar surface area (TPSA) is 44.1 Å². The molecule has 2 rings (SSSR count). The Labute approximate surface area is 112 Å². The summed E-state index contributed by atoms with van der Waals surface area (Å²) in [4.78, 5) is 12.3. The van der Waals surface area contributed by atoms with Crippen LogP contribution in [0.5, 0.6) is 0 Å². The van der Waals surface area contributed by atoms with E-state index in [0.717, 1.165) is 38.8 Å². The minimum absolute atomic E-state index is 0.0397. The molecule has 0 saturated carbocycles. The minimum atomic E-state index is 0.0397.